The smallest absolute Gasteiger partial charge is 0.239 e. The lowest BCUT2D eigenvalue weighted by Gasteiger charge is -2.11. The van der Waals surface area contributed by atoms with Crippen molar-refractivity contribution in [3.8, 4) is 11.6 Å². The Balaban J connectivity index is 2.36. The number of nitrogens with zero attached hydrogens (tertiary/aromatic N) is 2. The van der Waals surface area contributed by atoms with Crippen molar-refractivity contribution in [1.82, 2.24) is 9.97 Å². The fourth-order valence-electron chi connectivity index (χ4n) is 1.54. The van der Waals surface area contributed by atoms with Crippen molar-refractivity contribution < 1.29 is 4.74 Å². The zero-order valence-electron chi connectivity index (χ0n) is 9.37. The summed E-state index contributed by atoms with van der Waals surface area (Å²) in [6.07, 6.45) is 2.97. The van der Waals surface area contributed by atoms with Gasteiger partial charge < -0.3 is 4.74 Å². The van der Waals surface area contributed by atoms with E-state index in [1.807, 2.05) is 26.0 Å². The van der Waals surface area contributed by atoms with E-state index >= 15 is 0 Å². The van der Waals surface area contributed by atoms with Crippen LogP contribution in [0.3, 0.4) is 0 Å². The maximum Gasteiger partial charge on any atom is 0.239 e. The molecule has 0 N–H and O–H groups in total. The van der Waals surface area contributed by atoms with Gasteiger partial charge >= 0.3 is 0 Å². The maximum atomic E-state index is 5.95. The van der Waals surface area contributed by atoms with E-state index in [4.69, 9.17) is 27.9 Å². The van der Waals surface area contributed by atoms with Gasteiger partial charge in [-0.25, -0.2) is 0 Å². The normalized spacial score (nSPS) is 10.4. The summed E-state index contributed by atoms with van der Waals surface area (Å²) >= 11 is 11.7. The van der Waals surface area contributed by atoms with Gasteiger partial charge in [0.2, 0.25) is 5.88 Å². The minimum atomic E-state index is 0.298. The second-order valence-electron chi connectivity index (χ2n) is 3.65. The van der Waals surface area contributed by atoms with Crippen LogP contribution in [0.4, 0.5) is 0 Å². The molecule has 2 aromatic rings. The van der Waals surface area contributed by atoms with Gasteiger partial charge in [0.15, 0.2) is 5.15 Å². The van der Waals surface area contributed by atoms with Gasteiger partial charge in [0.1, 0.15) is 5.75 Å². The first-order valence-electron chi connectivity index (χ1n) is 4.98. The molecule has 3 nitrogen and oxygen atoms in total. The van der Waals surface area contributed by atoms with Gasteiger partial charge in [0.25, 0.3) is 0 Å². The zero-order valence-corrected chi connectivity index (χ0v) is 10.9. The van der Waals surface area contributed by atoms with Crippen LogP contribution in [0.5, 0.6) is 11.6 Å². The van der Waals surface area contributed by atoms with E-state index in [9.17, 15) is 0 Å². The number of rotatable bonds is 2. The van der Waals surface area contributed by atoms with Gasteiger partial charge in [-0.1, -0.05) is 23.2 Å². The van der Waals surface area contributed by atoms with Crippen molar-refractivity contribution in [3.05, 3.63) is 45.8 Å². The van der Waals surface area contributed by atoms with Crippen molar-refractivity contribution in [1.29, 1.82) is 0 Å². The fourth-order valence-corrected chi connectivity index (χ4v) is 2.00. The molecule has 5 heteroatoms. The molecule has 1 aromatic heterocycles. The Bertz CT molecular complexity index is 535. The van der Waals surface area contributed by atoms with Crippen LogP contribution in [-0.4, -0.2) is 9.97 Å². The van der Waals surface area contributed by atoms with Crippen molar-refractivity contribution in [2.75, 3.05) is 0 Å². The average Bonchev–Trinajstić information content (AvgIpc) is 2.23. The molecule has 1 aromatic carbocycles. The second kappa shape index (κ2) is 4.90. The number of aryl methyl sites for hydroxylation is 2. The Labute approximate surface area is 109 Å². The van der Waals surface area contributed by atoms with Crippen LogP contribution < -0.4 is 4.74 Å². The predicted octanol–water partition coefficient (Wildman–Crippen LogP) is 4.19. The lowest BCUT2D eigenvalue weighted by molar-refractivity contribution is 0.453. The molecule has 0 fully saturated rings. The second-order valence-corrected chi connectivity index (χ2v) is 4.47. The molecule has 0 amide bonds. The average molecular weight is 269 g/mol. The van der Waals surface area contributed by atoms with E-state index in [1.54, 1.807) is 0 Å². The van der Waals surface area contributed by atoms with E-state index in [2.05, 4.69) is 9.97 Å². The Morgan fingerprint density at radius 2 is 1.71 bits per heavy atom. The topological polar surface area (TPSA) is 35.0 Å². The third-order valence-electron chi connectivity index (χ3n) is 2.21. The Morgan fingerprint density at radius 1 is 1.06 bits per heavy atom. The molecule has 0 radical (unpaired) electrons. The SMILES string of the molecule is Cc1cc(Cl)cc(C)c1Oc1cncc(Cl)n1. The number of aromatic nitrogens is 2. The molecule has 1 heterocycles. The first-order valence-corrected chi connectivity index (χ1v) is 5.74. The molecule has 0 unspecified atom stereocenters. The van der Waals surface area contributed by atoms with Gasteiger partial charge in [-0.3, -0.25) is 4.98 Å². The molecule has 17 heavy (non-hydrogen) atoms. The molecule has 2 rings (SSSR count). The van der Waals surface area contributed by atoms with E-state index in [0.29, 0.717) is 16.1 Å². The highest BCUT2D eigenvalue weighted by Crippen LogP contribution is 2.30. The van der Waals surface area contributed by atoms with Crippen LogP contribution in [0.2, 0.25) is 10.2 Å². The quantitative estimate of drug-likeness (QED) is 0.819. The molecule has 0 saturated heterocycles. The van der Waals surface area contributed by atoms with Crippen LogP contribution in [-0.2, 0) is 0 Å². The number of hydrogen-bond donors (Lipinski definition) is 0. The van der Waals surface area contributed by atoms with Crippen LogP contribution in [0.15, 0.2) is 24.5 Å². The minimum absolute atomic E-state index is 0.298. The van der Waals surface area contributed by atoms with Crippen LogP contribution in [0.1, 0.15) is 11.1 Å². The Hall–Kier alpha value is -1.32. The van der Waals surface area contributed by atoms with Crippen molar-refractivity contribution >= 4 is 23.2 Å². The van der Waals surface area contributed by atoms with Crippen LogP contribution >= 0.6 is 23.2 Å². The third kappa shape index (κ3) is 2.87. The monoisotopic (exact) mass is 268 g/mol. The third-order valence-corrected chi connectivity index (χ3v) is 2.62. The van der Waals surface area contributed by atoms with E-state index in [0.717, 1.165) is 16.9 Å². The first kappa shape index (κ1) is 12.1. The molecule has 0 aliphatic heterocycles. The minimum Gasteiger partial charge on any atom is -0.437 e. The number of halogens is 2. The number of hydrogen-bond acceptors (Lipinski definition) is 3. The summed E-state index contributed by atoms with van der Waals surface area (Å²) in [4.78, 5) is 7.93. The summed E-state index contributed by atoms with van der Waals surface area (Å²) in [5.41, 5.74) is 1.88. The van der Waals surface area contributed by atoms with Crippen molar-refractivity contribution in [3.63, 3.8) is 0 Å². The van der Waals surface area contributed by atoms with Crippen molar-refractivity contribution in [2.45, 2.75) is 13.8 Å². The highest BCUT2D eigenvalue weighted by atomic mass is 35.5. The highest BCUT2D eigenvalue weighted by Gasteiger charge is 2.08. The maximum absolute atomic E-state index is 5.95. The summed E-state index contributed by atoms with van der Waals surface area (Å²) in [6, 6.07) is 3.67. The number of ether oxygens (including phenoxy) is 1. The molecule has 0 aliphatic rings. The highest BCUT2D eigenvalue weighted by molar-refractivity contribution is 6.30. The predicted molar refractivity (Wildman–Crippen MR) is 68.0 cm³/mol. The van der Waals surface area contributed by atoms with Gasteiger partial charge in [0, 0.05) is 5.02 Å². The largest absolute Gasteiger partial charge is 0.437 e. The lowest BCUT2D eigenvalue weighted by atomic mass is 10.1. The van der Waals surface area contributed by atoms with Gasteiger partial charge in [-0.15, -0.1) is 0 Å². The Morgan fingerprint density at radius 3 is 2.29 bits per heavy atom. The van der Waals surface area contributed by atoms with Gasteiger partial charge in [-0.05, 0) is 37.1 Å². The molecule has 0 aliphatic carbocycles. The summed E-state index contributed by atoms with van der Waals surface area (Å²) in [6.45, 7) is 3.85. The Kier molecular flexibility index (Phi) is 3.50. The number of benzene rings is 1. The van der Waals surface area contributed by atoms with E-state index in [-0.39, 0.29) is 0 Å². The lowest BCUT2D eigenvalue weighted by Crippen LogP contribution is -1.94. The van der Waals surface area contributed by atoms with Crippen LogP contribution in [0, 0.1) is 13.8 Å². The van der Waals surface area contributed by atoms with E-state index in [1.165, 1.54) is 12.4 Å². The summed E-state index contributed by atoms with van der Waals surface area (Å²) in [5.74, 6) is 1.09. The molecule has 0 spiro atoms. The van der Waals surface area contributed by atoms with Gasteiger partial charge in [-0.2, -0.15) is 4.98 Å². The molecule has 88 valence electrons. The van der Waals surface area contributed by atoms with E-state index < -0.39 is 0 Å². The van der Waals surface area contributed by atoms with Crippen LogP contribution in [0.25, 0.3) is 0 Å². The summed E-state index contributed by atoms with van der Waals surface area (Å²) < 4.78 is 5.66. The molecule has 0 saturated carbocycles. The molecule has 0 atom stereocenters. The molecular formula is C12H10Cl2N2O. The van der Waals surface area contributed by atoms with Gasteiger partial charge in [0.05, 0.1) is 12.4 Å². The summed E-state index contributed by atoms with van der Waals surface area (Å²) in [7, 11) is 0. The first-order chi connectivity index (χ1) is 8.06. The van der Waals surface area contributed by atoms with Crippen molar-refractivity contribution in [2.24, 2.45) is 0 Å². The summed E-state index contributed by atoms with van der Waals surface area (Å²) in [5, 5.41) is 0.983. The fraction of sp³-hybridized carbons (Fsp3) is 0.167. The zero-order chi connectivity index (χ0) is 12.4. The standard InChI is InChI=1S/C12H10Cl2N2O/c1-7-3-9(13)4-8(2)12(7)17-11-6-15-5-10(14)16-11/h3-6H,1-2H3. The molecular weight excluding hydrogens is 259 g/mol. The molecule has 0 bridgehead atoms.